The first-order valence-electron chi connectivity index (χ1n) is 8.25. The molecule has 1 saturated heterocycles. The Morgan fingerprint density at radius 1 is 1.30 bits per heavy atom. The number of hydrogen-bond acceptors (Lipinski definition) is 4. The Hall–Kier alpha value is -2.15. The van der Waals surface area contributed by atoms with Crippen LogP contribution in [0.2, 0.25) is 0 Å². The third kappa shape index (κ3) is 3.01. The fourth-order valence-corrected chi connectivity index (χ4v) is 3.32. The van der Waals surface area contributed by atoms with Gasteiger partial charge in [0.15, 0.2) is 5.65 Å². The van der Waals surface area contributed by atoms with Crippen LogP contribution in [-0.4, -0.2) is 50.7 Å². The first-order valence-corrected chi connectivity index (χ1v) is 8.25. The third-order valence-electron chi connectivity index (χ3n) is 4.75. The van der Waals surface area contributed by atoms with Gasteiger partial charge in [-0.05, 0) is 43.9 Å². The molecule has 122 valence electrons. The van der Waals surface area contributed by atoms with Gasteiger partial charge in [0.1, 0.15) is 6.54 Å². The summed E-state index contributed by atoms with van der Waals surface area (Å²) in [6, 6.07) is 6.14. The lowest BCUT2D eigenvalue weighted by atomic mass is 10.1. The van der Waals surface area contributed by atoms with Gasteiger partial charge in [0.05, 0.1) is 0 Å². The largest absolute Gasteiger partial charge is 0.354 e. The van der Waals surface area contributed by atoms with E-state index < -0.39 is 0 Å². The van der Waals surface area contributed by atoms with Crippen molar-refractivity contribution in [2.75, 3.05) is 19.6 Å². The Morgan fingerprint density at radius 2 is 2.17 bits per heavy atom. The van der Waals surface area contributed by atoms with Crippen molar-refractivity contribution in [3.8, 4) is 0 Å². The molecule has 0 bridgehead atoms. The van der Waals surface area contributed by atoms with Gasteiger partial charge in [0.25, 0.3) is 0 Å². The van der Waals surface area contributed by atoms with Crippen LogP contribution in [0.25, 0.3) is 5.65 Å². The van der Waals surface area contributed by atoms with Crippen molar-refractivity contribution >= 4 is 11.6 Å². The highest BCUT2D eigenvalue weighted by molar-refractivity contribution is 5.75. The van der Waals surface area contributed by atoms with Crippen LogP contribution in [0.4, 0.5) is 0 Å². The molecule has 2 fully saturated rings. The van der Waals surface area contributed by atoms with Gasteiger partial charge in [-0.1, -0.05) is 6.07 Å². The quantitative estimate of drug-likeness (QED) is 0.849. The van der Waals surface area contributed by atoms with E-state index in [-0.39, 0.29) is 18.1 Å². The summed E-state index contributed by atoms with van der Waals surface area (Å²) in [7, 11) is 0. The zero-order valence-electron chi connectivity index (χ0n) is 13.0. The van der Waals surface area contributed by atoms with Crippen molar-refractivity contribution in [3.05, 3.63) is 34.9 Å². The second-order valence-corrected chi connectivity index (χ2v) is 6.55. The van der Waals surface area contributed by atoms with Crippen LogP contribution < -0.4 is 11.0 Å². The summed E-state index contributed by atoms with van der Waals surface area (Å²) in [4.78, 5) is 26.7. The summed E-state index contributed by atoms with van der Waals surface area (Å²) >= 11 is 0. The van der Waals surface area contributed by atoms with Crippen molar-refractivity contribution in [3.63, 3.8) is 0 Å². The summed E-state index contributed by atoms with van der Waals surface area (Å²) in [5.41, 5.74) is 0.276. The average molecular weight is 315 g/mol. The number of fused-ring (bicyclic) bond motifs is 1. The molecular formula is C16H21N5O2. The van der Waals surface area contributed by atoms with Crippen molar-refractivity contribution in [1.29, 1.82) is 0 Å². The first-order chi connectivity index (χ1) is 11.2. The van der Waals surface area contributed by atoms with Gasteiger partial charge in [0.2, 0.25) is 5.91 Å². The molecule has 4 rings (SSSR count). The Morgan fingerprint density at radius 3 is 2.96 bits per heavy atom. The SMILES string of the molecule is O=C(Cn1nc2ccccn2c1=O)NC[C@@H]1CCN(C2CC2)C1. The van der Waals surface area contributed by atoms with Gasteiger partial charge in [-0.2, -0.15) is 0 Å². The normalized spacial score (nSPS) is 21.8. The monoisotopic (exact) mass is 315 g/mol. The number of nitrogens with zero attached hydrogens (tertiary/aromatic N) is 4. The molecule has 7 heteroatoms. The topological polar surface area (TPSA) is 71.6 Å². The van der Waals surface area contributed by atoms with Crippen molar-refractivity contribution < 1.29 is 4.79 Å². The minimum absolute atomic E-state index is 0.0282. The second-order valence-electron chi connectivity index (χ2n) is 6.55. The number of hydrogen-bond donors (Lipinski definition) is 1. The maximum Gasteiger partial charge on any atom is 0.350 e. The predicted octanol–water partition coefficient (Wildman–Crippen LogP) is 0.0965. The Labute approximate surface area is 133 Å². The summed E-state index contributed by atoms with van der Waals surface area (Å²) in [5.74, 6) is 0.373. The molecule has 23 heavy (non-hydrogen) atoms. The molecule has 0 spiro atoms. The highest BCUT2D eigenvalue weighted by Gasteiger charge is 2.34. The zero-order chi connectivity index (χ0) is 15.8. The van der Waals surface area contributed by atoms with Crippen LogP contribution in [0.5, 0.6) is 0 Å². The first kappa shape index (κ1) is 14.4. The maximum absolute atomic E-state index is 12.1. The Bertz CT molecular complexity index is 776. The lowest BCUT2D eigenvalue weighted by Crippen LogP contribution is -2.36. The number of likely N-dealkylation sites (tertiary alicyclic amines) is 1. The predicted molar refractivity (Wildman–Crippen MR) is 85.2 cm³/mol. The van der Waals surface area contributed by atoms with Gasteiger partial charge in [-0.25, -0.2) is 9.48 Å². The maximum atomic E-state index is 12.1. The molecule has 1 saturated carbocycles. The standard InChI is InChI=1S/C16H21N5O2/c22-15(17-9-12-6-8-19(10-12)13-4-5-13)11-21-16(23)20-7-2-1-3-14(20)18-21/h1-3,7,12-13H,4-6,8-11H2,(H,17,22)/t12-/m0/s1. The third-order valence-corrected chi connectivity index (χ3v) is 4.75. The fourth-order valence-electron chi connectivity index (χ4n) is 3.32. The number of aromatic nitrogens is 3. The average Bonchev–Trinajstić information content (AvgIpc) is 3.22. The van der Waals surface area contributed by atoms with E-state index in [1.54, 1.807) is 18.3 Å². The van der Waals surface area contributed by atoms with E-state index in [2.05, 4.69) is 15.3 Å². The van der Waals surface area contributed by atoms with E-state index in [4.69, 9.17) is 0 Å². The van der Waals surface area contributed by atoms with Crippen LogP contribution in [0.1, 0.15) is 19.3 Å². The molecule has 1 aliphatic carbocycles. The van der Waals surface area contributed by atoms with Crippen molar-refractivity contribution in [1.82, 2.24) is 24.4 Å². The molecule has 0 radical (unpaired) electrons. The fraction of sp³-hybridized carbons (Fsp3) is 0.562. The molecule has 1 aliphatic heterocycles. The van der Waals surface area contributed by atoms with Gasteiger partial charge < -0.3 is 10.2 Å². The lowest BCUT2D eigenvalue weighted by molar-refractivity contribution is -0.122. The number of rotatable bonds is 5. The Balaban J connectivity index is 1.32. The molecule has 0 unspecified atom stereocenters. The van der Waals surface area contributed by atoms with E-state index in [0.29, 0.717) is 18.1 Å². The van der Waals surface area contributed by atoms with Crippen LogP contribution in [0.3, 0.4) is 0 Å². The molecule has 2 aromatic rings. The van der Waals surface area contributed by atoms with E-state index in [0.717, 1.165) is 25.6 Å². The van der Waals surface area contributed by atoms with Crippen LogP contribution in [0, 0.1) is 5.92 Å². The summed E-state index contributed by atoms with van der Waals surface area (Å²) in [6.45, 7) is 2.89. The summed E-state index contributed by atoms with van der Waals surface area (Å²) in [5, 5.41) is 7.12. The number of carbonyl (C=O) groups excluding carboxylic acids is 1. The molecule has 1 atom stereocenters. The smallest absolute Gasteiger partial charge is 0.350 e. The minimum atomic E-state index is -0.281. The van der Waals surface area contributed by atoms with E-state index in [1.807, 2.05) is 6.07 Å². The van der Waals surface area contributed by atoms with E-state index in [9.17, 15) is 9.59 Å². The molecule has 3 heterocycles. The van der Waals surface area contributed by atoms with Crippen molar-refractivity contribution in [2.24, 2.45) is 5.92 Å². The number of pyridine rings is 1. The second kappa shape index (κ2) is 5.81. The lowest BCUT2D eigenvalue weighted by Gasteiger charge is -2.15. The van der Waals surface area contributed by atoms with Crippen LogP contribution in [0.15, 0.2) is 29.2 Å². The molecule has 7 nitrogen and oxygen atoms in total. The van der Waals surface area contributed by atoms with Gasteiger partial charge in [-0.3, -0.25) is 9.20 Å². The van der Waals surface area contributed by atoms with Gasteiger partial charge >= 0.3 is 5.69 Å². The van der Waals surface area contributed by atoms with E-state index in [1.165, 1.54) is 21.9 Å². The highest BCUT2D eigenvalue weighted by atomic mass is 16.2. The Kier molecular flexibility index (Phi) is 3.65. The van der Waals surface area contributed by atoms with Crippen LogP contribution in [-0.2, 0) is 11.3 Å². The zero-order valence-corrected chi connectivity index (χ0v) is 13.0. The molecule has 1 amide bonds. The molecule has 2 aliphatic rings. The minimum Gasteiger partial charge on any atom is -0.354 e. The van der Waals surface area contributed by atoms with Gasteiger partial charge in [0, 0.05) is 25.3 Å². The number of carbonyl (C=O) groups is 1. The molecule has 0 aromatic carbocycles. The van der Waals surface area contributed by atoms with Crippen LogP contribution >= 0.6 is 0 Å². The van der Waals surface area contributed by atoms with Gasteiger partial charge in [-0.15, -0.1) is 5.10 Å². The summed E-state index contributed by atoms with van der Waals surface area (Å²) < 4.78 is 2.66. The molecule has 2 aromatic heterocycles. The highest BCUT2D eigenvalue weighted by Crippen LogP contribution is 2.31. The summed E-state index contributed by atoms with van der Waals surface area (Å²) in [6.07, 6.45) is 5.46. The van der Waals surface area contributed by atoms with E-state index >= 15 is 0 Å². The number of amides is 1. The molecule has 1 N–H and O–H groups in total. The van der Waals surface area contributed by atoms with Crippen molar-refractivity contribution in [2.45, 2.75) is 31.8 Å². The molecular weight excluding hydrogens is 294 g/mol. The number of nitrogens with one attached hydrogen (secondary N) is 1.